The largest absolute Gasteiger partial charge is 0.461 e. The van der Waals surface area contributed by atoms with E-state index in [1.165, 1.54) is 0 Å². The Morgan fingerprint density at radius 3 is 2.64 bits per heavy atom. The summed E-state index contributed by atoms with van der Waals surface area (Å²) in [6.45, 7) is 4.10. The Morgan fingerprint density at radius 1 is 1.07 bits per heavy atom. The fourth-order valence-corrected chi connectivity index (χ4v) is 3.35. The van der Waals surface area contributed by atoms with Crippen LogP contribution in [0.2, 0.25) is 0 Å². The lowest BCUT2D eigenvalue weighted by Gasteiger charge is -2.00. The summed E-state index contributed by atoms with van der Waals surface area (Å²) < 4.78 is 12.0. The standard InChI is InChI=1S/C24H23NO3/c1-3-22-21(25-24(28-22)17-7-5-4-6-8-17)15-20-14-19-13-18(16(2)11-12-26)9-10-23(19)27-20/h4-11,13-14,26H,3,12,15H2,1-2H3. The number of oxazole rings is 1. The molecule has 0 radical (unpaired) electrons. The van der Waals surface area contributed by atoms with E-state index in [9.17, 15) is 0 Å². The van der Waals surface area contributed by atoms with Gasteiger partial charge in [0, 0.05) is 17.4 Å². The van der Waals surface area contributed by atoms with Crippen molar-refractivity contribution >= 4 is 16.5 Å². The van der Waals surface area contributed by atoms with Crippen LogP contribution in [0.15, 0.2) is 69.5 Å². The number of fused-ring (bicyclic) bond motifs is 1. The summed E-state index contributed by atoms with van der Waals surface area (Å²) in [7, 11) is 0. The average molecular weight is 373 g/mol. The van der Waals surface area contributed by atoms with Gasteiger partial charge >= 0.3 is 0 Å². The van der Waals surface area contributed by atoms with Crippen molar-refractivity contribution in [2.24, 2.45) is 0 Å². The molecule has 0 aliphatic rings. The van der Waals surface area contributed by atoms with Gasteiger partial charge in [0.2, 0.25) is 5.89 Å². The number of aryl methyl sites for hydroxylation is 1. The topological polar surface area (TPSA) is 59.4 Å². The van der Waals surface area contributed by atoms with Crippen LogP contribution < -0.4 is 0 Å². The van der Waals surface area contributed by atoms with Crippen molar-refractivity contribution in [3.63, 3.8) is 0 Å². The number of aromatic nitrogens is 1. The summed E-state index contributed by atoms with van der Waals surface area (Å²) in [4.78, 5) is 4.72. The molecule has 28 heavy (non-hydrogen) atoms. The van der Waals surface area contributed by atoms with Gasteiger partial charge in [-0.3, -0.25) is 0 Å². The number of hydrogen-bond donors (Lipinski definition) is 1. The van der Waals surface area contributed by atoms with Gasteiger partial charge in [0.25, 0.3) is 0 Å². The van der Waals surface area contributed by atoms with Gasteiger partial charge in [0.05, 0.1) is 18.7 Å². The molecule has 0 unspecified atom stereocenters. The Hall–Kier alpha value is -3.11. The highest BCUT2D eigenvalue weighted by molar-refractivity contribution is 5.82. The van der Waals surface area contributed by atoms with Crippen LogP contribution >= 0.6 is 0 Å². The van der Waals surface area contributed by atoms with Crippen molar-refractivity contribution in [3.05, 3.63) is 83.5 Å². The van der Waals surface area contributed by atoms with E-state index in [1.54, 1.807) is 6.08 Å². The lowest BCUT2D eigenvalue weighted by Crippen LogP contribution is -1.91. The van der Waals surface area contributed by atoms with E-state index < -0.39 is 0 Å². The lowest BCUT2D eigenvalue weighted by atomic mass is 10.1. The third-order valence-corrected chi connectivity index (χ3v) is 4.88. The molecule has 0 aliphatic heterocycles. The fourth-order valence-electron chi connectivity index (χ4n) is 3.35. The summed E-state index contributed by atoms with van der Waals surface area (Å²) in [6.07, 6.45) is 3.18. The highest BCUT2D eigenvalue weighted by atomic mass is 16.4. The second-order valence-corrected chi connectivity index (χ2v) is 6.82. The minimum atomic E-state index is 0.0379. The average Bonchev–Trinajstić information content (AvgIpc) is 3.31. The molecule has 0 atom stereocenters. The molecular formula is C24H23NO3. The Labute approximate surface area is 164 Å². The molecule has 4 rings (SSSR count). The number of benzene rings is 2. The second-order valence-electron chi connectivity index (χ2n) is 6.82. The number of furan rings is 1. The maximum absolute atomic E-state index is 9.10. The lowest BCUT2D eigenvalue weighted by molar-refractivity contribution is 0.343. The summed E-state index contributed by atoms with van der Waals surface area (Å²) >= 11 is 0. The molecule has 2 aromatic heterocycles. The predicted molar refractivity (Wildman–Crippen MR) is 111 cm³/mol. The molecule has 0 bridgehead atoms. The van der Waals surface area contributed by atoms with E-state index in [4.69, 9.17) is 18.9 Å². The van der Waals surface area contributed by atoms with Gasteiger partial charge in [-0.15, -0.1) is 0 Å². The predicted octanol–water partition coefficient (Wildman–Crippen LogP) is 5.64. The summed E-state index contributed by atoms with van der Waals surface area (Å²) in [6, 6.07) is 18.1. The van der Waals surface area contributed by atoms with Gasteiger partial charge in [-0.25, -0.2) is 4.98 Å². The SMILES string of the molecule is CCc1oc(-c2ccccc2)nc1Cc1cc2cc(C(C)=CCO)ccc2o1. The molecule has 0 saturated heterocycles. The maximum Gasteiger partial charge on any atom is 0.226 e. The minimum Gasteiger partial charge on any atom is -0.461 e. The number of rotatable bonds is 6. The fraction of sp³-hybridized carbons (Fsp3) is 0.208. The maximum atomic E-state index is 9.10. The molecule has 4 nitrogen and oxygen atoms in total. The van der Waals surface area contributed by atoms with Crippen LogP contribution in [-0.4, -0.2) is 16.7 Å². The summed E-state index contributed by atoms with van der Waals surface area (Å²) in [5, 5.41) is 10.1. The molecule has 0 amide bonds. The summed E-state index contributed by atoms with van der Waals surface area (Å²) in [5.74, 6) is 2.40. The first-order valence-electron chi connectivity index (χ1n) is 9.52. The van der Waals surface area contributed by atoms with Crippen molar-refractivity contribution in [1.82, 2.24) is 4.98 Å². The van der Waals surface area contributed by atoms with Gasteiger partial charge in [0.1, 0.15) is 17.1 Å². The van der Waals surface area contributed by atoms with Gasteiger partial charge in [-0.2, -0.15) is 0 Å². The van der Waals surface area contributed by atoms with E-state index in [2.05, 4.69) is 19.1 Å². The quantitative estimate of drug-likeness (QED) is 0.475. The van der Waals surface area contributed by atoms with E-state index in [-0.39, 0.29) is 6.61 Å². The first kappa shape index (κ1) is 18.3. The molecule has 0 saturated carbocycles. The molecule has 0 fully saturated rings. The molecule has 4 heteroatoms. The first-order chi connectivity index (χ1) is 13.7. The van der Waals surface area contributed by atoms with Crippen molar-refractivity contribution in [2.45, 2.75) is 26.7 Å². The monoisotopic (exact) mass is 373 g/mol. The van der Waals surface area contributed by atoms with Crippen molar-refractivity contribution < 1.29 is 13.9 Å². The van der Waals surface area contributed by atoms with E-state index in [1.807, 2.05) is 49.4 Å². The number of allylic oxidation sites excluding steroid dienone is 1. The Morgan fingerprint density at radius 2 is 1.89 bits per heavy atom. The molecule has 142 valence electrons. The van der Waals surface area contributed by atoms with Crippen LogP contribution in [0.3, 0.4) is 0 Å². The van der Waals surface area contributed by atoms with Gasteiger partial charge < -0.3 is 13.9 Å². The third-order valence-electron chi connectivity index (χ3n) is 4.88. The normalized spacial score (nSPS) is 12.0. The third kappa shape index (κ3) is 3.64. The molecule has 4 aromatic rings. The van der Waals surface area contributed by atoms with Crippen molar-refractivity contribution in [1.29, 1.82) is 0 Å². The number of aliphatic hydroxyl groups is 1. The van der Waals surface area contributed by atoms with Gasteiger partial charge in [0.15, 0.2) is 0 Å². The van der Waals surface area contributed by atoms with Crippen molar-refractivity contribution in [2.75, 3.05) is 6.61 Å². The van der Waals surface area contributed by atoms with Crippen LogP contribution in [0.25, 0.3) is 28.0 Å². The zero-order valence-electron chi connectivity index (χ0n) is 16.1. The van der Waals surface area contributed by atoms with Crippen LogP contribution in [-0.2, 0) is 12.8 Å². The van der Waals surface area contributed by atoms with Gasteiger partial charge in [-0.1, -0.05) is 37.3 Å². The highest BCUT2D eigenvalue weighted by Crippen LogP contribution is 2.28. The number of hydrogen-bond acceptors (Lipinski definition) is 4. The first-order valence-corrected chi connectivity index (χ1v) is 9.52. The smallest absolute Gasteiger partial charge is 0.226 e. The molecule has 0 spiro atoms. The zero-order chi connectivity index (χ0) is 19.5. The molecule has 2 heterocycles. The zero-order valence-corrected chi connectivity index (χ0v) is 16.1. The van der Waals surface area contributed by atoms with E-state index >= 15 is 0 Å². The number of nitrogens with zero attached hydrogens (tertiary/aromatic N) is 1. The molecular weight excluding hydrogens is 350 g/mol. The van der Waals surface area contributed by atoms with Crippen LogP contribution in [0.1, 0.15) is 36.6 Å². The molecule has 1 N–H and O–H groups in total. The Bertz CT molecular complexity index is 1120. The minimum absolute atomic E-state index is 0.0379. The van der Waals surface area contributed by atoms with Crippen LogP contribution in [0, 0.1) is 0 Å². The second kappa shape index (κ2) is 7.87. The Balaban J connectivity index is 1.64. The van der Waals surface area contributed by atoms with Gasteiger partial charge in [-0.05, 0) is 48.4 Å². The Kier molecular flexibility index (Phi) is 5.13. The van der Waals surface area contributed by atoms with E-state index in [0.29, 0.717) is 12.3 Å². The van der Waals surface area contributed by atoms with E-state index in [0.717, 1.165) is 51.3 Å². The van der Waals surface area contributed by atoms with Crippen LogP contribution in [0.4, 0.5) is 0 Å². The number of aliphatic hydroxyl groups excluding tert-OH is 1. The summed E-state index contributed by atoms with van der Waals surface area (Å²) in [5.41, 5.74) is 4.86. The molecule has 0 aliphatic carbocycles. The van der Waals surface area contributed by atoms with Crippen LogP contribution in [0.5, 0.6) is 0 Å². The highest BCUT2D eigenvalue weighted by Gasteiger charge is 2.16. The van der Waals surface area contributed by atoms with Crippen molar-refractivity contribution in [3.8, 4) is 11.5 Å². The molecule has 2 aromatic carbocycles.